The number of ether oxygens (including phenoxy) is 1. The van der Waals surface area contributed by atoms with Crippen molar-refractivity contribution in [1.82, 2.24) is 4.31 Å². The number of hydrogen-bond donors (Lipinski definition) is 0. The van der Waals surface area contributed by atoms with E-state index < -0.39 is 10.0 Å². The molecule has 1 unspecified atom stereocenters. The summed E-state index contributed by atoms with van der Waals surface area (Å²) in [4.78, 5) is 0. The van der Waals surface area contributed by atoms with Gasteiger partial charge in [-0.25, -0.2) is 8.42 Å². The second-order valence-corrected chi connectivity index (χ2v) is 7.27. The van der Waals surface area contributed by atoms with Gasteiger partial charge in [0.05, 0.1) is 12.9 Å². The fourth-order valence-electron chi connectivity index (χ4n) is 2.78. The van der Waals surface area contributed by atoms with Crippen LogP contribution in [0.1, 0.15) is 31.7 Å². The van der Waals surface area contributed by atoms with Crippen LogP contribution in [0.4, 0.5) is 0 Å². The summed E-state index contributed by atoms with van der Waals surface area (Å²) >= 11 is 0. The average molecular weight is 297 g/mol. The maximum atomic E-state index is 12.4. The summed E-state index contributed by atoms with van der Waals surface area (Å²) in [5, 5.41) is 0. The minimum absolute atomic E-state index is 0.177. The molecule has 112 valence electrons. The van der Waals surface area contributed by atoms with Crippen LogP contribution in [0.3, 0.4) is 0 Å². The fraction of sp³-hybridized carbons (Fsp3) is 0.600. The van der Waals surface area contributed by atoms with Gasteiger partial charge in [-0.3, -0.25) is 0 Å². The van der Waals surface area contributed by atoms with Crippen molar-refractivity contribution in [2.75, 3.05) is 19.4 Å². The van der Waals surface area contributed by atoms with Gasteiger partial charge >= 0.3 is 0 Å². The summed E-state index contributed by atoms with van der Waals surface area (Å²) in [7, 11) is -1.53. The Morgan fingerprint density at radius 2 is 2.20 bits per heavy atom. The van der Waals surface area contributed by atoms with Crippen molar-refractivity contribution in [3.63, 3.8) is 0 Å². The van der Waals surface area contributed by atoms with Crippen molar-refractivity contribution in [2.45, 2.75) is 38.6 Å². The second-order valence-electron chi connectivity index (χ2n) is 5.23. The van der Waals surface area contributed by atoms with Gasteiger partial charge in [0.1, 0.15) is 5.75 Å². The maximum Gasteiger partial charge on any atom is 0.214 e. The third kappa shape index (κ3) is 3.52. The highest BCUT2D eigenvalue weighted by Crippen LogP contribution is 2.24. The van der Waals surface area contributed by atoms with Gasteiger partial charge in [0, 0.05) is 12.6 Å². The van der Waals surface area contributed by atoms with Crippen molar-refractivity contribution in [3.8, 4) is 5.75 Å². The third-order valence-corrected chi connectivity index (χ3v) is 5.85. The summed E-state index contributed by atoms with van der Waals surface area (Å²) in [6.45, 7) is 2.74. The Morgan fingerprint density at radius 1 is 1.40 bits per heavy atom. The van der Waals surface area contributed by atoms with Gasteiger partial charge in [-0.2, -0.15) is 4.31 Å². The molecule has 1 aliphatic rings. The van der Waals surface area contributed by atoms with E-state index in [1.807, 2.05) is 24.3 Å². The minimum atomic E-state index is -3.15. The first-order valence-corrected chi connectivity index (χ1v) is 8.80. The molecule has 0 amide bonds. The molecule has 1 aromatic carbocycles. The van der Waals surface area contributed by atoms with Crippen LogP contribution in [0.2, 0.25) is 0 Å². The van der Waals surface area contributed by atoms with E-state index in [-0.39, 0.29) is 11.8 Å². The standard InChI is InChI=1S/C15H23NO3S/c1-3-14-7-5-10-16(14)20(17,18)11-9-13-6-4-8-15(12-13)19-2/h4,6,8,12,14H,3,5,7,9-11H2,1-2H3. The van der Waals surface area contributed by atoms with E-state index in [0.717, 1.165) is 30.6 Å². The molecule has 0 saturated carbocycles. The first-order valence-electron chi connectivity index (χ1n) is 7.19. The van der Waals surface area contributed by atoms with Gasteiger partial charge < -0.3 is 4.74 Å². The topological polar surface area (TPSA) is 46.6 Å². The van der Waals surface area contributed by atoms with Crippen LogP contribution in [-0.2, 0) is 16.4 Å². The molecule has 0 aromatic heterocycles. The molecule has 0 bridgehead atoms. The Hall–Kier alpha value is -1.07. The molecule has 1 atom stereocenters. The minimum Gasteiger partial charge on any atom is -0.497 e. The number of hydrogen-bond acceptors (Lipinski definition) is 3. The quantitative estimate of drug-likeness (QED) is 0.810. The van der Waals surface area contributed by atoms with Gasteiger partial charge in [-0.1, -0.05) is 19.1 Å². The zero-order valence-electron chi connectivity index (χ0n) is 12.2. The summed E-state index contributed by atoms with van der Waals surface area (Å²) in [5.41, 5.74) is 1.00. The van der Waals surface area contributed by atoms with Crippen LogP contribution in [0.25, 0.3) is 0 Å². The number of nitrogens with zero attached hydrogens (tertiary/aromatic N) is 1. The van der Waals surface area contributed by atoms with Gasteiger partial charge in [0.25, 0.3) is 0 Å². The molecule has 0 spiro atoms. The maximum absolute atomic E-state index is 12.4. The van der Waals surface area contributed by atoms with Crippen molar-refractivity contribution < 1.29 is 13.2 Å². The van der Waals surface area contributed by atoms with Crippen LogP contribution < -0.4 is 4.74 Å². The van der Waals surface area contributed by atoms with Crippen LogP contribution in [0.15, 0.2) is 24.3 Å². The Labute approximate surface area is 121 Å². The highest BCUT2D eigenvalue weighted by molar-refractivity contribution is 7.89. The first-order chi connectivity index (χ1) is 9.56. The lowest BCUT2D eigenvalue weighted by atomic mass is 10.2. The molecular formula is C15H23NO3S. The Bertz CT molecular complexity index is 542. The molecule has 4 nitrogen and oxygen atoms in total. The van der Waals surface area contributed by atoms with Crippen molar-refractivity contribution in [1.29, 1.82) is 0 Å². The largest absolute Gasteiger partial charge is 0.497 e. The van der Waals surface area contributed by atoms with Crippen molar-refractivity contribution >= 4 is 10.0 Å². The lowest BCUT2D eigenvalue weighted by Gasteiger charge is -2.23. The monoisotopic (exact) mass is 297 g/mol. The normalized spacial score (nSPS) is 20.2. The van der Waals surface area contributed by atoms with Crippen LogP contribution in [-0.4, -0.2) is 38.2 Å². The van der Waals surface area contributed by atoms with E-state index in [4.69, 9.17) is 4.74 Å². The molecule has 1 fully saturated rings. The molecule has 1 aromatic rings. The number of rotatable bonds is 6. The number of aryl methyl sites for hydroxylation is 1. The van der Waals surface area contributed by atoms with Crippen molar-refractivity contribution in [2.24, 2.45) is 0 Å². The van der Waals surface area contributed by atoms with E-state index in [2.05, 4.69) is 6.92 Å². The molecule has 1 aliphatic heterocycles. The summed E-state index contributed by atoms with van der Waals surface area (Å²) in [5.74, 6) is 0.948. The second kappa shape index (κ2) is 6.59. The number of benzene rings is 1. The van der Waals surface area contributed by atoms with E-state index in [0.29, 0.717) is 13.0 Å². The molecular weight excluding hydrogens is 274 g/mol. The molecule has 2 rings (SSSR count). The zero-order valence-corrected chi connectivity index (χ0v) is 13.0. The van der Waals surface area contributed by atoms with E-state index in [1.165, 1.54) is 0 Å². The SMILES string of the molecule is CCC1CCCN1S(=O)(=O)CCc1cccc(OC)c1. The summed E-state index contributed by atoms with van der Waals surface area (Å²) < 4.78 is 31.7. The van der Waals surface area contributed by atoms with Crippen molar-refractivity contribution in [3.05, 3.63) is 29.8 Å². The predicted octanol–water partition coefficient (Wildman–Crippen LogP) is 2.44. The van der Waals surface area contributed by atoms with Gasteiger partial charge in [0.2, 0.25) is 10.0 Å². The highest BCUT2D eigenvalue weighted by Gasteiger charge is 2.32. The van der Waals surface area contributed by atoms with Gasteiger partial charge in [-0.05, 0) is 43.4 Å². The number of methoxy groups -OCH3 is 1. The zero-order chi connectivity index (χ0) is 14.6. The smallest absolute Gasteiger partial charge is 0.214 e. The lowest BCUT2D eigenvalue weighted by molar-refractivity contribution is 0.379. The summed E-state index contributed by atoms with van der Waals surface area (Å²) in [6.07, 6.45) is 3.41. The lowest BCUT2D eigenvalue weighted by Crippen LogP contribution is -2.37. The van der Waals surface area contributed by atoms with Crippen LogP contribution in [0, 0.1) is 0 Å². The van der Waals surface area contributed by atoms with E-state index in [1.54, 1.807) is 11.4 Å². The Balaban J connectivity index is 2.01. The van der Waals surface area contributed by atoms with Gasteiger partial charge in [-0.15, -0.1) is 0 Å². The molecule has 1 heterocycles. The number of sulfonamides is 1. The summed E-state index contributed by atoms with van der Waals surface area (Å²) in [6, 6.07) is 7.80. The molecule has 0 radical (unpaired) electrons. The predicted molar refractivity (Wildman–Crippen MR) is 80.5 cm³/mol. The third-order valence-electron chi connectivity index (χ3n) is 3.93. The first kappa shape index (κ1) is 15.3. The van der Waals surface area contributed by atoms with Gasteiger partial charge in [0.15, 0.2) is 0 Å². The average Bonchev–Trinajstić information content (AvgIpc) is 2.95. The van der Waals surface area contributed by atoms with E-state index in [9.17, 15) is 8.42 Å². The highest BCUT2D eigenvalue weighted by atomic mass is 32.2. The van der Waals surface area contributed by atoms with Crippen LogP contribution in [0.5, 0.6) is 5.75 Å². The molecule has 20 heavy (non-hydrogen) atoms. The molecule has 5 heteroatoms. The fourth-order valence-corrected chi connectivity index (χ4v) is 4.62. The molecule has 1 saturated heterocycles. The molecule has 0 N–H and O–H groups in total. The van der Waals surface area contributed by atoms with E-state index >= 15 is 0 Å². The Morgan fingerprint density at radius 3 is 2.90 bits per heavy atom. The Kier molecular flexibility index (Phi) is 5.05. The van der Waals surface area contributed by atoms with Crippen LogP contribution >= 0.6 is 0 Å². The molecule has 0 aliphatic carbocycles.